The molecule has 0 radical (unpaired) electrons. The van der Waals surface area contributed by atoms with Crippen LogP contribution in [0.4, 0.5) is 34.1 Å². The third-order valence-electron chi connectivity index (χ3n) is 8.31. The summed E-state index contributed by atoms with van der Waals surface area (Å²) in [6, 6.07) is 31.2. The molecule has 4 N–H and O–H groups in total. The summed E-state index contributed by atoms with van der Waals surface area (Å²) >= 11 is 0. The summed E-state index contributed by atoms with van der Waals surface area (Å²) in [6.07, 6.45) is 6.42. The molecular formula is C38H28N4O6. The highest BCUT2D eigenvalue weighted by Gasteiger charge is 2.54. The minimum absolute atomic E-state index is 0.235. The van der Waals surface area contributed by atoms with Gasteiger partial charge in [-0.05, 0) is 48.5 Å². The number of phenols is 4. The molecule has 2 aromatic heterocycles. The highest BCUT2D eigenvalue weighted by molar-refractivity contribution is 6.32. The Morgan fingerprint density at radius 3 is 1.10 bits per heavy atom. The maximum absolute atomic E-state index is 13.6. The summed E-state index contributed by atoms with van der Waals surface area (Å²) in [7, 11) is 0. The van der Waals surface area contributed by atoms with Gasteiger partial charge in [-0.2, -0.15) is 0 Å². The van der Waals surface area contributed by atoms with Crippen LogP contribution < -0.4 is 9.80 Å². The Morgan fingerprint density at radius 1 is 0.438 bits per heavy atom. The number of anilines is 6. The van der Waals surface area contributed by atoms with Crippen molar-refractivity contribution in [3.8, 4) is 23.0 Å². The van der Waals surface area contributed by atoms with Gasteiger partial charge in [-0.15, -0.1) is 0 Å². The number of aromatic hydroxyl groups is 4. The van der Waals surface area contributed by atoms with E-state index in [9.17, 15) is 30.0 Å². The molecular weight excluding hydrogens is 608 g/mol. The van der Waals surface area contributed by atoms with E-state index in [0.717, 1.165) is 11.4 Å². The Labute approximate surface area is 275 Å². The van der Waals surface area contributed by atoms with Gasteiger partial charge in [0.05, 0.1) is 46.3 Å². The molecule has 1 aliphatic rings. The number of benzene rings is 4. The van der Waals surface area contributed by atoms with E-state index in [2.05, 4.69) is 9.97 Å². The van der Waals surface area contributed by atoms with Crippen LogP contribution in [0.1, 0.15) is 23.0 Å². The van der Waals surface area contributed by atoms with Crippen molar-refractivity contribution in [3.05, 3.63) is 145 Å². The molecule has 0 spiro atoms. The molecule has 48 heavy (non-hydrogen) atoms. The quantitative estimate of drug-likeness (QED) is 0.126. The maximum atomic E-state index is 13.6. The van der Waals surface area contributed by atoms with Crippen LogP contribution in [0, 0.1) is 0 Å². The molecule has 0 saturated heterocycles. The zero-order chi connectivity index (χ0) is 33.4. The number of rotatable bonds is 8. The van der Waals surface area contributed by atoms with Gasteiger partial charge in [-0.3, -0.25) is 19.6 Å². The average molecular weight is 637 g/mol. The SMILES string of the molecule is O=C1C(c2c(O)cc(N(c3ccccc3)c3ccccc3)cc2O)C(=O)C1c1c(O)cc(N(c2cccnc2)c2cccnc2)cc1O. The number of para-hydroxylation sites is 2. The summed E-state index contributed by atoms with van der Waals surface area (Å²) in [5.74, 6) is -6.20. The first-order valence-electron chi connectivity index (χ1n) is 15.0. The number of carbonyl (C=O) groups excluding carboxylic acids is 2. The van der Waals surface area contributed by atoms with Crippen molar-refractivity contribution in [2.75, 3.05) is 9.80 Å². The number of nitrogens with zero attached hydrogens (tertiary/aromatic N) is 4. The molecule has 236 valence electrons. The molecule has 0 bridgehead atoms. The summed E-state index contributed by atoms with van der Waals surface area (Å²) < 4.78 is 0. The lowest BCUT2D eigenvalue weighted by Gasteiger charge is -2.34. The van der Waals surface area contributed by atoms with Gasteiger partial charge in [0, 0.05) is 48.0 Å². The number of hydrogen-bond acceptors (Lipinski definition) is 10. The second kappa shape index (κ2) is 12.3. The fourth-order valence-electron chi connectivity index (χ4n) is 6.17. The van der Waals surface area contributed by atoms with Gasteiger partial charge in [0.2, 0.25) is 0 Å². The summed E-state index contributed by atoms with van der Waals surface area (Å²) in [4.78, 5) is 39.0. The van der Waals surface area contributed by atoms with Gasteiger partial charge in [-0.25, -0.2) is 0 Å². The lowest BCUT2D eigenvalue weighted by Crippen LogP contribution is -2.44. The Balaban J connectivity index is 1.21. The number of ketones is 2. The van der Waals surface area contributed by atoms with E-state index >= 15 is 0 Å². The van der Waals surface area contributed by atoms with Crippen LogP contribution >= 0.6 is 0 Å². The molecule has 6 aromatic rings. The number of Topliss-reactive ketones (excluding diaryl/α,β-unsaturated/α-hetero) is 2. The number of pyridine rings is 2. The molecule has 0 unspecified atom stereocenters. The topological polar surface area (TPSA) is 147 Å². The fraction of sp³-hybridized carbons (Fsp3) is 0.0526. The minimum atomic E-state index is -1.50. The fourth-order valence-corrected chi connectivity index (χ4v) is 6.17. The monoisotopic (exact) mass is 636 g/mol. The second-order valence-electron chi connectivity index (χ2n) is 11.2. The molecule has 1 saturated carbocycles. The third kappa shape index (κ3) is 5.21. The summed E-state index contributed by atoms with van der Waals surface area (Å²) in [5.41, 5.74) is 2.98. The lowest BCUT2D eigenvalue weighted by atomic mass is 9.65. The van der Waals surface area contributed by atoms with Gasteiger partial charge in [0.1, 0.15) is 34.8 Å². The van der Waals surface area contributed by atoms with Crippen molar-refractivity contribution < 1.29 is 30.0 Å². The van der Waals surface area contributed by atoms with Crippen molar-refractivity contribution in [1.82, 2.24) is 9.97 Å². The van der Waals surface area contributed by atoms with Gasteiger partial charge in [-0.1, -0.05) is 36.4 Å². The lowest BCUT2D eigenvalue weighted by molar-refractivity contribution is -0.142. The van der Waals surface area contributed by atoms with E-state index < -0.39 is 46.4 Å². The van der Waals surface area contributed by atoms with Crippen LogP contribution in [0.25, 0.3) is 0 Å². The van der Waals surface area contributed by atoms with Gasteiger partial charge in [0.15, 0.2) is 11.6 Å². The first-order valence-corrected chi connectivity index (χ1v) is 15.0. The van der Waals surface area contributed by atoms with Crippen molar-refractivity contribution >= 4 is 45.7 Å². The largest absolute Gasteiger partial charge is 0.507 e. The molecule has 10 nitrogen and oxygen atoms in total. The first kappa shape index (κ1) is 30.0. The molecule has 0 aliphatic heterocycles. The predicted molar refractivity (Wildman–Crippen MR) is 180 cm³/mol. The van der Waals surface area contributed by atoms with Crippen LogP contribution in [0.2, 0.25) is 0 Å². The van der Waals surface area contributed by atoms with Crippen molar-refractivity contribution in [3.63, 3.8) is 0 Å². The Kier molecular flexibility index (Phi) is 7.66. The number of carbonyl (C=O) groups is 2. The summed E-state index contributed by atoms with van der Waals surface area (Å²) in [5, 5.41) is 44.6. The van der Waals surface area contributed by atoms with Crippen molar-refractivity contribution in [2.45, 2.75) is 11.8 Å². The third-order valence-corrected chi connectivity index (χ3v) is 8.31. The highest BCUT2D eigenvalue weighted by atomic mass is 16.3. The molecule has 7 rings (SSSR count). The van der Waals surface area contributed by atoms with Crippen LogP contribution in [0.3, 0.4) is 0 Å². The van der Waals surface area contributed by atoms with Crippen LogP contribution in [0.15, 0.2) is 134 Å². The minimum Gasteiger partial charge on any atom is -0.507 e. The van der Waals surface area contributed by atoms with E-state index in [-0.39, 0.29) is 11.1 Å². The zero-order valence-corrected chi connectivity index (χ0v) is 25.3. The Morgan fingerprint density at radius 2 is 0.771 bits per heavy atom. The molecule has 1 fully saturated rings. The summed E-state index contributed by atoms with van der Waals surface area (Å²) in [6.45, 7) is 0. The predicted octanol–water partition coefficient (Wildman–Crippen LogP) is 7.26. The van der Waals surface area contributed by atoms with E-state index in [0.29, 0.717) is 22.7 Å². The maximum Gasteiger partial charge on any atom is 0.163 e. The van der Waals surface area contributed by atoms with Gasteiger partial charge < -0.3 is 30.2 Å². The Hall–Kier alpha value is -6.68. The molecule has 1 aliphatic carbocycles. The highest BCUT2D eigenvalue weighted by Crippen LogP contribution is 2.53. The van der Waals surface area contributed by atoms with Gasteiger partial charge >= 0.3 is 0 Å². The number of hydrogen-bond donors (Lipinski definition) is 4. The van der Waals surface area contributed by atoms with Crippen molar-refractivity contribution in [2.24, 2.45) is 0 Å². The Bertz CT molecular complexity index is 1840. The number of aromatic nitrogens is 2. The molecule has 4 aromatic carbocycles. The first-order chi connectivity index (χ1) is 23.3. The molecule has 0 amide bonds. The van der Waals surface area contributed by atoms with Crippen LogP contribution in [0.5, 0.6) is 23.0 Å². The van der Waals surface area contributed by atoms with Crippen LogP contribution in [-0.2, 0) is 9.59 Å². The second-order valence-corrected chi connectivity index (χ2v) is 11.2. The van der Waals surface area contributed by atoms with E-state index in [4.69, 9.17) is 0 Å². The molecule has 10 heteroatoms. The van der Waals surface area contributed by atoms with E-state index in [1.807, 2.05) is 65.6 Å². The average Bonchev–Trinajstić information content (AvgIpc) is 3.10. The van der Waals surface area contributed by atoms with Gasteiger partial charge in [0.25, 0.3) is 0 Å². The number of phenolic OH excluding ortho intramolecular Hbond substituents is 4. The normalized spacial score (nSPS) is 15.5. The van der Waals surface area contributed by atoms with E-state index in [1.165, 1.54) is 24.3 Å². The molecule has 0 atom stereocenters. The standard InChI is InChI=1S/C38H28N4O6/c43-29-17-27(41(23-9-3-1-4-10-23)24-11-5-2-6-12-24)18-30(44)33(29)35-37(47)36(38(35)48)34-31(45)19-28(20-32(34)46)42(25-13-7-15-39-21-25)26-14-8-16-40-22-26/h1-22,35-36,43-46H. The van der Waals surface area contributed by atoms with E-state index in [1.54, 1.807) is 54.0 Å². The van der Waals surface area contributed by atoms with Crippen LogP contribution in [-0.4, -0.2) is 42.0 Å². The molecule has 2 heterocycles. The van der Waals surface area contributed by atoms with Crippen molar-refractivity contribution in [1.29, 1.82) is 0 Å². The zero-order valence-electron chi connectivity index (χ0n) is 25.3. The smallest absolute Gasteiger partial charge is 0.163 e.